The predicted molar refractivity (Wildman–Crippen MR) is 80.0 cm³/mol. The van der Waals surface area contributed by atoms with Crippen LogP contribution in [-0.4, -0.2) is 21.5 Å². The largest absolute Gasteiger partial charge is 0.447 e. The van der Waals surface area contributed by atoms with Crippen LogP contribution in [0, 0.1) is 5.92 Å². The molecular formula is C14H26N2O3S. The van der Waals surface area contributed by atoms with Gasteiger partial charge in [-0.1, -0.05) is 33.6 Å². The van der Waals surface area contributed by atoms with E-state index >= 15 is 0 Å². The van der Waals surface area contributed by atoms with Crippen LogP contribution in [0.3, 0.4) is 0 Å². The van der Waals surface area contributed by atoms with Crippen molar-refractivity contribution < 1.29 is 12.8 Å². The first-order chi connectivity index (χ1) is 9.45. The van der Waals surface area contributed by atoms with Gasteiger partial charge in [0.2, 0.25) is 5.09 Å². The van der Waals surface area contributed by atoms with E-state index in [0.29, 0.717) is 24.8 Å². The molecule has 6 heteroatoms. The maximum absolute atomic E-state index is 12.0. The fraction of sp³-hybridized carbons (Fsp3) is 0.714. The zero-order valence-corrected chi connectivity index (χ0v) is 13.4. The molecule has 0 unspecified atom stereocenters. The lowest BCUT2D eigenvalue weighted by Crippen LogP contribution is -2.24. The van der Waals surface area contributed by atoms with Crippen molar-refractivity contribution in [3.63, 3.8) is 0 Å². The van der Waals surface area contributed by atoms with Crippen LogP contribution in [0.25, 0.3) is 0 Å². The smallest absolute Gasteiger partial charge is 0.273 e. The van der Waals surface area contributed by atoms with E-state index in [1.807, 2.05) is 0 Å². The van der Waals surface area contributed by atoms with Crippen molar-refractivity contribution in [2.45, 2.75) is 51.7 Å². The minimum Gasteiger partial charge on any atom is -0.447 e. The van der Waals surface area contributed by atoms with E-state index in [9.17, 15) is 8.42 Å². The summed E-state index contributed by atoms with van der Waals surface area (Å²) in [7, 11) is -3.51. The van der Waals surface area contributed by atoms with E-state index in [2.05, 4.69) is 30.8 Å². The molecule has 0 bridgehead atoms. The summed E-state index contributed by atoms with van der Waals surface area (Å²) in [6.45, 7) is 8.19. The van der Waals surface area contributed by atoms with E-state index in [1.54, 1.807) is 6.07 Å². The summed E-state index contributed by atoms with van der Waals surface area (Å²) in [6, 6.07) is 3.21. The van der Waals surface area contributed by atoms with Crippen molar-refractivity contribution in [2.24, 2.45) is 5.92 Å². The average Bonchev–Trinajstić information content (AvgIpc) is 2.84. The predicted octanol–water partition coefficient (Wildman–Crippen LogP) is 2.49. The Kier molecular flexibility index (Phi) is 7.26. The molecule has 0 atom stereocenters. The minimum absolute atomic E-state index is 0.00431. The Bertz CT molecular complexity index is 480. The van der Waals surface area contributed by atoms with Crippen molar-refractivity contribution in [2.75, 3.05) is 13.1 Å². The second-order valence-corrected chi connectivity index (χ2v) is 7.05. The molecule has 5 nitrogen and oxygen atoms in total. The Labute approximate surface area is 122 Å². The highest BCUT2D eigenvalue weighted by molar-refractivity contribution is 7.89. The Morgan fingerprint density at radius 1 is 1.25 bits per heavy atom. The number of sulfonamides is 1. The lowest BCUT2D eigenvalue weighted by molar-refractivity contribution is 0.394. The van der Waals surface area contributed by atoms with Gasteiger partial charge < -0.3 is 9.73 Å². The maximum atomic E-state index is 12.0. The van der Waals surface area contributed by atoms with Gasteiger partial charge in [0, 0.05) is 6.54 Å². The molecule has 1 rings (SSSR count). The summed E-state index contributed by atoms with van der Waals surface area (Å²) in [5.41, 5.74) is 0. The van der Waals surface area contributed by atoms with Gasteiger partial charge >= 0.3 is 0 Å². The summed E-state index contributed by atoms with van der Waals surface area (Å²) in [6.07, 6.45) is 2.93. The van der Waals surface area contributed by atoms with Crippen LogP contribution < -0.4 is 10.0 Å². The molecule has 0 aliphatic heterocycles. The molecule has 1 aromatic heterocycles. The van der Waals surface area contributed by atoms with Gasteiger partial charge in [0.25, 0.3) is 10.0 Å². The van der Waals surface area contributed by atoms with Gasteiger partial charge in [-0.05, 0) is 31.0 Å². The van der Waals surface area contributed by atoms with Crippen molar-refractivity contribution in [1.29, 1.82) is 0 Å². The van der Waals surface area contributed by atoms with Gasteiger partial charge in [0.15, 0.2) is 0 Å². The third-order valence-electron chi connectivity index (χ3n) is 2.83. The van der Waals surface area contributed by atoms with Crippen LogP contribution >= 0.6 is 0 Å². The zero-order chi connectivity index (χ0) is 15.0. The fourth-order valence-electron chi connectivity index (χ4n) is 1.73. The second kappa shape index (κ2) is 8.44. The summed E-state index contributed by atoms with van der Waals surface area (Å²) in [5, 5.41) is 3.21. The van der Waals surface area contributed by atoms with E-state index in [0.717, 1.165) is 25.8 Å². The topological polar surface area (TPSA) is 71.3 Å². The summed E-state index contributed by atoms with van der Waals surface area (Å²) in [4.78, 5) is 0. The number of hydrogen-bond donors (Lipinski definition) is 2. The SMILES string of the molecule is CCCCCNS(=O)(=O)c1ccc(CNCC(C)C)o1. The van der Waals surface area contributed by atoms with Crippen LogP contribution in [-0.2, 0) is 16.6 Å². The molecule has 0 radical (unpaired) electrons. The van der Waals surface area contributed by atoms with Gasteiger partial charge in [-0.2, -0.15) is 0 Å². The molecule has 116 valence electrons. The van der Waals surface area contributed by atoms with Crippen molar-refractivity contribution in [1.82, 2.24) is 10.0 Å². The van der Waals surface area contributed by atoms with E-state index in [4.69, 9.17) is 4.42 Å². The molecule has 0 fully saturated rings. The first-order valence-electron chi connectivity index (χ1n) is 7.24. The van der Waals surface area contributed by atoms with Crippen molar-refractivity contribution in [3.8, 4) is 0 Å². The number of rotatable bonds is 10. The van der Waals surface area contributed by atoms with Crippen LogP contribution in [0.1, 0.15) is 45.8 Å². The minimum atomic E-state index is -3.51. The molecule has 0 aliphatic rings. The molecule has 2 N–H and O–H groups in total. The molecule has 0 saturated heterocycles. The lowest BCUT2D eigenvalue weighted by Gasteiger charge is -2.05. The molecule has 0 saturated carbocycles. The highest BCUT2D eigenvalue weighted by Gasteiger charge is 2.17. The summed E-state index contributed by atoms with van der Waals surface area (Å²) < 4.78 is 31.9. The molecule has 20 heavy (non-hydrogen) atoms. The van der Waals surface area contributed by atoms with Crippen LogP contribution in [0.2, 0.25) is 0 Å². The van der Waals surface area contributed by atoms with E-state index < -0.39 is 10.0 Å². The van der Waals surface area contributed by atoms with Gasteiger partial charge in [-0.3, -0.25) is 0 Å². The second-order valence-electron chi connectivity index (χ2n) is 5.35. The normalized spacial score (nSPS) is 12.2. The first kappa shape index (κ1) is 17.2. The fourth-order valence-corrected chi connectivity index (χ4v) is 2.75. The molecule has 0 aromatic carbocycles. The molecule has 0 spiro atoms. The maximum Gasteiger partial charge on any atom is 0.273 e. The first-order valence-corrected chi connectivity index (χ1v) is 8.73. The molecular weight excluding hydrogens is 276 g/mol. The summed E-state index contributed by atoms with van der Waals surface area (Å²) >= 11 is 0. The van der Waals surface area contributed by atoms with Crippen molar-refractivity contribution >= 4 is 10.0 Å². The third kappa shape index (κ3) is 6.07. The highest BCUT2D eigenvalue weighted by Crippen LogP contribution is 2.13. The number of hydrogen-bond acceptors (Lipinski definition) is 4. The van der Waals surface area contributed by atoms with Gasteiger partial charge in [-0.15, -0.1) is 0 Å². The number of nitrogens with one attached hydrogen (secondary N) is 2. The monoisotopic (exact) mass is 302 g/mol. The van der Waals surface area contributed by atoms with Crippen LogP contribution in [0.15, 0.2) is 21.6 Å². The Morgan fingerprint density at radius 2 is 2.00 bits per heavy atom. The van der Waals surface area contributed by atoms with Gasteiger partial charge in [-0.25, -0.2) is 13.1 Å². The zero-order valence-electron chi connectivity index (χ0n) is 12.6. The number of unbranched alkanes of at least 4 members (excludes halogenated alkanes) is 2. The molecule has 0 aliphatic carbocycles. The molecule has 1 aromatic rings. The Balaban J connectivity index is 2.48. The summed E-state index contributed by atoms with van der Waals surface area (Å²) in [5.74, 6) is 1.19. The van der Waals surface area contributed by atoms with Crippen molar-refractivity contribution in [3.05, 3.63) is 17.9 Å². The van der Waals surface area contributed by atoms with Gasteiger partial charge in [0.1, 0.15) is 5.76 Å². The Hall–Kier alpha value is -0.850. The Morgan fingerprint density at radius 3 is 2.65 bits per heavy atom. The standard InChI is InChI=1S/C14H26N2O3S/c1-4-5-6-9-16-20(17,18)14-8-7-13(19-14)11-15-10-12(2)3/h7-8,12,15-16H,4-6,9-11H2,1-3H3. The van der Waals surface area contributed by atoms with Crippen LogP contribution in [0.5, 0.6) is 0 Å². The van der Waals surface area contributed by atoms with Gasteiger partial charge in [0.05, 0.1) is 6.54 Å². The lowest BCUT2D eigenvalue weighted by atomic mass is 10.2. The third-order valence-corrected chi connectivity index (χ3v) is 4.16. The molecule has 1 heterocycles. The van der Waals surface area contributed by atoms with E-state index in [1.165, 1.54) is 6.07 Å². The average molecular weight is 302 g/mol. The quantitative estimate of drug-likeness (QED) is 0.651. The highest BCUT2D eigenvalue weighted by atomic mass is 32.2. The number of furan rings is 1. The van der Waals surface area contributed by atoms with Crippen LogP contribution in [0.4, 0.5) is 0 Å². The molecule has 0 amide bonds. The van der Waals surface area contributed by atoms with E-state index in [-0.39, 0.29) is 5.09 Å².